The SMILES string of the molecule is COc1ccc(C(F)(F)C(=O)Nc2cnns2)cc1. The molecule has 0 spiro atoms. The van der Waals surface area contributed by atoms with Crippen LogP contribution >= 0.6 is 11.5 Å². The summed E-state index contributed by atoms with van der Waals surface area (Å²) in [4.78, 5) is 11.5. The summed E-state index contributed by atoms with van der Waals surface area (Å²) in [5, 5.41) is 5.67. The Kier molecular flexibility index (Phi) is 3.70. The number of hydrogen-bond acceptors (Lipinski definition) is 5. The lowest BCUT2D eigenvalue weighted by atomic mass is 10.1. The molecule has 0 bridgehead atoms. The molecule has 0 atom stereocenters. The summed E-state index contributed by atoms with van der Waals surface area (Å²) < 4.78 is 36.1. The molecule has 2 aromatic rings. The van der Waals surface area contributed by atoms with Gasteiger partial charge in [-0.2, -0.15) is 8.78 Å². The minimum Gasteiger partial charge on any atom is -0.497 e. The molecule has 1 amide bonds. The number of halogens is 2. The lowest BCUT2D eigenvalue weighted by Gasteiger charge is -2.15. The van der Waals surface area contributed by atoms with Crippen molar-refractivity contribution < 1.29 is 18.3 Å². The molecule has 5 nitrogen and oxygen atoms in total. The zero-order valence-electron chi connectivity index (χ0n) is 9.76. The van der Waals surface area contributed by atoms with Gasteiger partial charge in [0.15, 0.2) is 0 Å². The third-order valence-corrected chi connectivity index (χ3v) is 2.92. The smallest absolute Gasteiger partial charge is 0.350 e. The molecule has 1 heterocycles. The first-order valence-electron chi connectivity index (χ1n) is 5.15. The Morgan fingerprint density at radius 2 is 2.05 bits per heavy atom. The molecule has 2 rings (SSSR count). The van der Waals surface area contributed by atoms with Crippen molar-refractivity contribution in [3.63, 3.8) is 0 Å². The quantitative estimate of drug-likeness (QED) is 0.936. The fourth-order valence-electron chi connectivity index (χ4n) is 1.34. The van der Waals surface area contributed by atoms with Gasteiger partial charge in [0.1, 0.15) is 10.8 Å². The van der Waals surface area contributed by atoms with Crippen molar-refractivity contribution in [1.82, 2.24) is 9.59 Å². The van der Waals surface area contributed by atoms with E-state index in [-0.39, 0.29) is 5.00 Å². The van der Waals surface area contributed by atoms with Crippen molar-refractivity contribution >= 4 is 22.4 Å². The third kappa shape index (κ3) is 2.84. The minimum atomic E-state index is -3.64. The van der Waals surface area contributed by atoms with E-state index < -0.39 is 17.4 Å². The Bertz CT molecular complexity index is 558. The van der Waals surface area contributed by atoms with Gasteiger partial charge in [-0.3, -0.25) is 4.79 Å². The predicted molar refractivity (Wildman–Crippen MR) is 65.4 cm³/mol. The highest BCUT2D eigenvalue weighted by atomic mass is 32.1. The number of amides is 1. The number of methoxy groups -OCH3 is 1. The number of rotatable bonds is 4. The highest BCUT2D eigenvalue weighted by Crippen LogP contribution is 2.31. The second-order valence-electron chi connectivity index (χ2n) is 3.54. The van der Waals surface area contributed by atoms with Crippen molar-refractivity contribution in [3.8, 4) is 5.75 Å². The first-order valence-corrected chi connectivity index (χ1v) is 5.92. The van der Waals surface area contributed by atoms with Crippen LogP contribution in [0.1, 0.15) is 5.56 Å². The summed E-state index contributed by atoms with van der Waals surface area (Å²) in [6, 6.07) is 5.02. The minimum absolute atomic E-state index is 0.165. The van der Waals surface area contributed by atoms with Crippen LogP contribution in [0.3, 0.4) is 0 Å². The van der Waals surface area contributed by atoms with Crippen LogP contribution in [0.4, 0.5) is 13.8 Å². The van der Waals surface area contributed by atoms with Crippen LogP contribution in [0, 0.1) is 0 Å². The molecule has 0 aliphatic heterocycles. The van der Waals surface area contributed by atoms with E-state index in [1.54, 1.807) is 0 Å². The Hall–Kier alpha value is -2.09. The van der Waals surface area contributed by atoms with E-state index in [1.165, 1.54) is 25.4 Å². The maximum atomic E-state index is 13.9. The number of carbonyl (C=O) groups is 1. The van der Waals surface area contributed by atoms with Crippen molar-refractivity contribution in [3.05, 3.63) is 36.0 Å². The van der Waals surface area contributed by atoms with E-state index >= 15 is 0 Å². The highest BCUT2D eigenvalue weighted by molar-refractivity contribution is 7.10. The Balaban J connectivity index is 2.17. The second-order valence-corrected chi connectivity index (χ2v) is 4.32. The number of carbonyl (C=O) groups excluding carboxylic acids is 1. The monoisotopic (exact) mass is 285 g/mol. The molecule has 1 aromatic heterocycles. The van der Waals surface area contributed by atoms with Gasteiger partial charge in [-0.05, 0) is 24.3 Å². The topological polar surface area (TPSA) is 64.1 Å². The zero-order chi connectivity index (χ0) is 13.9. The number of hydrogen-bond donors (Lipinski definition) is 1. The number of alkyl halides is 2. The van der Waals surface area contributed by atoms with Crippen LogP contribution in [0.15, 0.2) is 30.5 Å². The van der Waals surface area contributed by atoms with Gasteiger partial charge in [0.05, 0.1) is 13.3 Å². The lowest BCUT2D eigenvalue weighted by molar-refractivity contribution is -0.140. The van der Waals surface area contributed by atoms with E-state index in [2.05, 4.69) is 14.9 Å². The predicted octanol–water partition coefficient (Wildman–Crippen LogP) is 2.28. The first kappa shape index (κ1) is 13.3. The molecule has 0 aliphatic rings. The van der Waals surface area contributed by atoms with E-state index in [0.29, 0.717) is 5.75 Å². The number of nitrogens with one attached hydrogen (secondary N) is 1. The Morgan fingerprint density at radius 3 is 2.58 bits per heavy atom. The number of nitrogens with zero attached hydrogens (tertiary/aromatic N) is 2. The number of benzene rings is 1. The number of ether oxygens (including phenoxy) is 1. The molecule has 0 unspecified atom stereocenters. The molecule has 1 aromatic carbocycles. The first-order chi connectivity index (χ1) is 9.04. The molecule has 1 N–H and O–H groups in total. The zero-order valence-corrected chi connectivity index (χ0v) is 10.6. The molecule has 19 heavy (non-hydrogen) atoms. The van der Waals surface area contributed by atoms with Crippen LogP contribution in [0.25, 0.3) is 0 Å². The van der Waals surface area contributed by atoms with Crippen molar-refractivity contribution in [2.75, 3.05) is 12.4 Å². The molecular formula is C11H9F2N3O2S. The van der Waals surface area contributed by atoms with Gasteiger partial charge in [-0.25, -0.2) is 0 Å². The summed E-state index contributed by atoms with van der Waals surface area (Å²) in [6.07, 6.45) is 1.20. The van der Waals surface area contributed by atoms with Crippen LogP contribution in [-0.2, 0) is 10.7 Å². The molecule has 0 fully saturated rings. The molecule has 100 valence electrons. The average Bonchev–Trinajstić information content (AvgIpc) is 2.91. The summed E-state index contributed by atoms with van der Waals surface area (Å²) in [6.45, 7) is 0. The van der Waals surface area contributed by atoms with Crippen LogP contribution in [-0.4, -0.2) is 22.6 Å². The molecular weight excluding hydrogens is 276 g/mol. The third-order valence-electron chi connectivity index (χ3n) is 2.34. The average molecular weight is 285 g/mol. The standard InChI is InChI=1S/C11H9F2N3O2S/c1-18-8-4-2-7(3-5-8)11(12,13)10(17)15-9-6-14-16-19-9/h2-6H,1H3,(H,15,17). The van der Waals surface area contributed by atoms with E-state index in [1.807, 2.05) is 0 Å². The van der Waals surface area contributed by atoms with Gasteiger partial charge in [-0.15, -0.1) is 5.10 Å². The van der Waals surface area contributed by atoms with Gasteiger partial charge in [-0.1, -0.05) is 4.49 Å². The van der Waals surface area contributed by atoms with Gasteiger partial charge >= 0.3 is 5.92 Å². The van der Waals surface area contributed by atoms with Gasteiger partial charge in [0.25, 0.3) is 5.91 Å². The Labute approximate surface area is 111 Å². The number of anilines is 1. The molecule has 0 aliphatic carbocycles. The van der Waals surface area contributed by atoms with E-state index in [4.69, 9.17) is 4.74 Å². The maximum absolute atomic E-state index is 13.9. The van der Waals surface area contributed by atoms with E-state index in [9.17, 15) is 13.6 Å². The largest absolute Gasteiger partial charge is 0.497 e. The van der Waals surface area contributed by atoms with E-state index in [0.717, 1.165) is 23.7 Å². The van der Waals surface area contributed by atoms with Crippen LogP contribution < -0.4 is 10.1 Å². The fraction of sp³-hybridized carbons (Fsp3) is 0.182. The molecule has 8 heteroatoms. The van der Waals surface area contributed by atoms with Gasteiger partial charge < -0.3 is 10.1 Å². The molecule has 0 saturated carbocycles. The highest BCUT2D eigenvalue weighted by Gasteiger charge is 2.41. The van der Waals surface area contributed by atoms with Gasteiger partial charge in [0.2, 0.25) is 0 Å². The van der Waals surface area contributed by atoms with Crippen molar-refractivity contribution in [2.24, 2.45) is 0 Å². The maximum Gasteiger partial charge on any atom is 0.350 e. The summed E-state index contributed by atoms with van der Waals surface area (Å²) in [5.74, 6) is -4.63. The summed E-state index contributed by atoms with van der Waals surface area (Å²) in [7, 11) is 1.43. The fourth-order valence-corrected chi connectivity index (χ4v) is 1.76. The number of aromatic nitrogens is 2. The van der Waals surface area contributed by atoms with Crippen molar-refractivity contribution in [1.29, 1.82) is 0 Å². The molecule has 0 radical (unpaired) electrons. The summed E-state index contributed by atoms with van der Waals surface area (Å²) in [5.41, 5.74) is -0.414. The van der Waals surface area contributed by atoms with Gasteiger partial charge in [0, 0.05) is 17.1 Å². The normalized spacial score (nSPS) is 11.1. The lowest BCUT2D eigenvalue weighted by Crippen LogP contribution is -2.31. The van der Waals surface area contributed by atoms with Crippen LogP contribution in [0.5, 0.6) is 5.75 Å². The van der Waals surface area contributed by atoms with Crippen LogP contribution in [0.2, 0.25) is 0 Å². The molecule has 0 saturated heterocycles. The van der Waals surface area contributed by atoms with Crippen molar-refractivity contribution in [2.45, 2.75) is 5.92 Å². The summed E-state index contributed by atoms with van der Waals surface area (Å²) >= 11 is 0.822. The Morgan fingerprint density at radius 1 is 1.37 bits per heavy atom. The second kappa shape index (κ2) is 5.27.